The number of aromatic nitrogens is 1. The first-order valence-electron chi connectivity index (χ1n) is 3.08. The second kappa shape index (κ2) is 2.52. The monoisotopic (exact) mass is 233 g/mol. The molecule has 0 unspecified atom stereocenters. The van der Waals surface area contributed by atoms with Gasteiger partial charge in [-0.15, -0.1) is 0 Å². The van der Waals surface area contributed by atoms with E-state index in [1.165, 1.54) is 0 Å². The average molecular weight is 234 g/mol. The summed E-state index contributed by atoms with van der Waals surface area (Å²) >= 11 is 2.92. The summed E-state index contributed by atoms with van der Waals surface area (Å²) in [5.41, 5.74) is 0.127. The van der Waals surface area contributed by atoms with Gasteiger partial charge in [0.15, 0.2) is 11.4 Å². The van der Waals surface area contributed by atoms with Gasteiger partial charge in [-0.05, 0) is 0 Å². The molecule has 12 heavy (non-hydrogen) atoms. The number of hydrogen-bond acceptors (Lipinski definition) is 2. The SMILES string of the molecule is Fc1cc(F)c2nc(Br)oc2c1. The van der Waals surface area contributed by atoms with E-state index in [1.807, 2.05) is 0 Å². The van der Waals surface area contributed by atoms with Gasteiger partial charge < -0.3 is 4.42 Å². The van der Waals surface area contributed by atoms with Gasteiger partial charge in [0.2, 0.25) is 0 Å². The highest BCUT2D eigenvalue weighted by atomic mass is 79.9. The average Bonchev–Trinajstić information content (AvgIpc) is 2.29. The number of rotatable bonds is 0. The summed E-state index contributed by atoms with van der Waals surface area (Å²) in [6.45, 7) is 0. The molecule has 0 aliphatic heterocycles. The molecule has 0 spiro atoms. The fraction of sp³-hybridized carbons (Fsp3) is 0. The molecule has 1 aromatic carbocycles. The number of nitrogens with zero attached hydrogens (tertiary/aromatic N) is 1. The van der Waals surface area contributed by atoms with Crippen molar-refractivity contribution < 1.29 is 13.2 Å². The first-order chi connectivity index (χ1) is 5.66. The van der Waals surface area contributed by atoms with Crippen molar-refractivity contribution in [3.8, 4) is 0 Å². The predicted molar refractivity (Wildman–Crippen MR) is 41.6 cm³/mol. The van der Waals surface area contributed by atoms with Crippen LogP contribution in [0.4, 0.5) is 8.78 Å². The molecule has 2 aromatic rings. The maximum atomic E-state index is 12.9. The first-order valence-corrected chi connectivity index (χ1v) is 3.87. The molecule has 0 saturated heterocycles. The minimum Gasteiger partial charge on any atom is -0.431 e. The van der Waals surface area contributed by atoms with Gasteiger partial charge in [0.25, 0.3) is 4.80 Å². The Bertz CT molecular complexity index is 440. The minimum atomic E-state index is -0.723. The van der Waals surface area contributed by atoms with Crippen LogP contribution in [0.25, 0.3) is 11.1 Å². The lowest BCUT2D eigenvalue weighted by Gasteiger charge is -1.88. The van der Waals surface area contributed by atoms with Crippen LogP contribution in [-0.4, -0.2) is 4.98 Å². The van der Waals surface area contributed by atoms with Gasteiger partial charge >= 0.3 is 0 Å². The molecule has 0 saturated carbocycles. The maximum Gasteiger partial charge on any atom is 0.265 e. The minimum absolute atomic E-state index is 0.0308. The van der Waals surface area contributed by atoms with Crippen LogP contribution in [0.2, 0.25) is 0 Å². The molecule has 0 aliphatic rings. The molecule has 0 aliphatic carbocycles. The molecule has 1 heterocycles. The number of halogens is 3. The Labute approximate surface area is 74.3 Å². The largest absolute Gasteiger partial charge is 0.431 e. The van der Waals surface area contributed by atoms with Gasteiger partial charge in [0.05, 0.1) is 0 Å². The Morgan fingerprint density at radius 1 is 1.33 bits per heavy atom. The zero-order valence-electron chi connectivity index (χ0n) is 5.64. The van der Waals surface area contributed by atoms with Gasteiger partial charge in [0.1, 0.15) is 11.3 Å². The van der Waals surface area contributed by atoms with Gasteiger partial charge in [-0.2, -0.15) is 0 Å². The van der Waals surface area contributed by atoms with E-state index >= 15 is 0 Å². The summed E-state index contributed by atoms with van der Waals surface area (Å²) in [6, 6.07) is 1.84. The third-order valence-electron chi connectivity index (χ3n) is 1.39. The molecule has 0 atom stereocenters. The topological polar surface area (TPSA) is 26.0 Å². The zero-order chi connectivity index (χ0) is 8.72. The molecule has 1 aromatic heterocycles. The molecule has 0 N–H and O–H groups in total. The van der Waals surface area contributed by atoms with Gasteiger partial charge in [-0.25, -0.2) is 13.8 Å². The highest BCUT2D eigenvalue weighted by molar-refractivity contribution is 9.10. The van der Waals surface area contributed by atoms with Gasteiger partial charge in [-0.3, -0.25) is 0 Å². The van der Waals surface area contributed by atoms with E-state index in [2.05, 4.69) is 20.9 Å². The second-order valence-electron chi connectivity index (χ2n) is 2.20. The van der Waals surface area contributed by atoms with Crippen LogP contribution in [0.1, 0.15) is 0 Å². The maximum absolute atomic E-state index is 12.9. The molecule has 2 nitrogen and oxygen atoms in total. The van der Waals surface area contributed by atoms with E-state index in [-0.39, 0.29) is 15.9 Å². The van der Waals surface area contributed by atoms with Crippen LogP contribution in [-0.2, 0) is 0 Å². The quantitative estimate of drug-likeness (QED) is 0.700. The lowest BCUT2D eigenvalue weighted by molar-refractivity contribution is 0.559. The van der Waals surface area contributed by atoms with Crippen molar-refractivity contribution in [3.63, 3.8) is 0 Å². The Morgan fingerprint density at radius 2 is 2.08 bits per heavy atom. The van der Waals surface area contributed by atoms with Crippen LogP contribution in [0.3, 0.4) is 0 Å². The van der Waals surface area contributed by atoms with Crippen molar-refractivity contribution in [3.05, 3.63) is 28.6 Å². The summed E-state index contributed by atoms with van der Waals surface area (Å²) in [4.78, 5) is 3.80. The molecule has 0 radical (unpaired) electrons. The summed E-state index contributed by atoms with van der Waals surface area (Å²) in [7, 11) is 0. The van der Waals surface area contributed by atoms with E-state index in [0.717, 1.165) is 12.1 Å². The molecule has 5 heteroatoms. The summed E-state index contributed by atoms with van der Waals surface area (Å²) in [6.07, 6.45) is 0. The number of hydrogen-bond donors (Lipinski definition) is 0. The van der Waals surface area contributed by atoms with E-state index in [1.54, 1.807) is 0 Å². The van der Waals surface area contributed by atoms with Crippen LogP contribution in [0.15, 0.2) is 21.3 Å². The molecule has 2 rings (SSSR count). The number of oxazole rings is 1. The predicted octanol–water partition coefficient (Wildman–Crippen LogP) is 2.87. The standard InChI is InChI=1S/C7H2BrF2NO/c8-7-11-6-4(10)1-3(9)2-5(6)12-7/h1-2H. The normalized spacial score (nSPS) is 10.9. The molecular formula is C7H2BrF2NO. The van der Waals surface area contributed by atoms with Crippen LogP contribution < -0.4 is 0 Å². The second-order valence-corrected chi connectivity index (χ2v) is 2.88. The van der Waals surface area contributed by atoms with Crippen molar-refractivity contribution in [2.75, 3.05) is 0 Å². The van der Waals surface area contributed by atoms with E-state index in [4.69, 9.17) is 4.42 Å². The van der Waals surface area contributed by atoms with Crippen molar-refractivity contribution in [1.29, 1.82) is 0 Å². The Kier molecular flexibility index (Phi) is 1.61. The van der Waals surface area contributed by atoms with Crippen LogP contribution in [0, 0.1) is 11.6 Å². The van der Waals surface area contributed by atoms with Gasteiger partial charge in [-0.1, -0.05) is 0 Å². The van der Waals surface area contributed by atoms with Crippen molar-refractivity contribution in [1.82, 2.24) is 4.98 Å². The highest BCUT2D eigenvalue weighted by Gasteiger charge is 2.09. The summed E-state index contributed by atoms with van der Waals surface area (Å²) < 4.78 is 30.3. The fourth-order valence-corrected chi connectivity index (χ4v) is 1.28. The summed E-state index contributed by atoms with van der Waals surface area (Å²) in [5, 5.41) is 0. The molecule has 62 valence electrons. The Balaban J connectivity index is 2.88. The van der Waals surface area contributed by atoms with E-state index < -0.39 is 11.6 Å². The first kappa shape index (κ1) is 7.67. The molecule has 0 bridgehead atoms. The number of benzene rings is 1. The lowest BCUT2D eigenvalue weighted by atomic mass is 10.3. The smallest absolute Gasteiger partial charge is 0.265 e. The Hall–Kier alpha value is -0.970. The van der Waals surface area contributed by atoms with Crippen molar-refractivity contribution >= 4 is 27.0 Å². The van der Waals surface area contributed by atoms with Crippen molar-refractivity contribution in [2.24, 2.45) is 0 Å². The fourth-order valence-electron chi connectivity index (χ4n) is 0.930. The summed E-state index contributed by atoms with van der Waals surface area (Å²) in [5.74, 6) is -1.40. The van der Waals surface area contributed by atoms with Crippen LogP contribution >= 0.6 is 15.9 Å². The van der Waals surface area contributed by atoms with E-state index in [0.29, 0.717) is 0 Å². The lowest BCUT2D eigenvalue weighted by Crippen LogP contribution is -1.80. The van der Waals surface area contributed by atoms with Crippen LogP contribution in [0.5, 0.6) is 0 Å². The van der Waals surface area contributed by atoms with Crippen molar-refractivity contribution in [2.45, 2.75) is 0 Å². The van der Waals surface area contributed by atoms with E-state index in [9.17, 15) is 8.78 Å². The third-order valence-corrected chi connectivity index (χ3v) is 1.73. The van der Waals surface area contributed by atoms with Gasteiger partial charge in [0, 0.05) is 28.1 Å². The molecule has 0 fully saturated rings. The Morgan fingerprint density at radius 3 is 2.83 bits per heavy atom. The zero-order valence-corrected chi connectivity index (χ0v) is 7.23. The molecular weight excluding hydrogens is 232 g/mol. The molecule has 0 amide bonds. The third kappa shape index (κ3) is 1.10. The highest BCUT2D eigenvalue weighted by Crippen LogP contribution is 2.22. The number of fused-ring (bicyclic) bond motifs is 1.